The van der Waals surface area contributed by atoms with E-state index in [1.165, 1.54) is 11.3 Å². The molecule has 0 unspecified atom stereocenters. The van der Waals surface area contributed by atoms with E-state index in [-0.39, 0.29) is 11.5 Å². The molecule has 2 aromatic rings. The quantitative estimate of drug-likeness (QED) is 0.770. The van der Waals surface area contributed by atoms with Gasteiger partial charge in [0.05, 0.1) is 11.5 Å². The van der Waals surface area contributed by atoms with E-state index >= 15 is 0 Å². The summed E-state index contributed by atoms with van der Waals surface area (Å²) in [7, 11) is -3.40. The Hall–Kier alpha value is -1.21. The molecule has 1 heterocycles. The Morgan fingerprint density at radius 1 is 1.20 bits per heavy atom. The molecule has 20 heavy (non-hydrogen) atoms. The highest BCUT2D eigenvalue weighted by Gasteiger charge is 2.11. The minimum atomic E-state index is -3.40. The minimum absolute atomic E-state index is 0.0608. The molecule has 2 rings (SSSR count). The molecule has 0 aliphatic rings. The van der Waals surface area contributed by atoms with Gasteiger partial charge in [-0.2, -0.15) is 0 Å². The van der Waals surface area contributed by atoms with Crippen LogP contribution >= 0.6 is 11.3 Å². The van der Waals surface area contributed by atoms with E-state index in [4.69, 9.17) is 5.11 Å². The molecule has 0 atom stereocenters. The number of rotatable bonds is 7. The second-order valence-electron chi connectivity index (χ2n) is 4.39. The van der Waals surface area contributed by atoms with Crippen LogP contribution in [0.3, 0.4) is 0 Å². The first-order valence-electron chi connectivity index (χ1n) is 6.34. The van der Waals surface area contributed by atoms with Gasteiger partial charge in [0.2, 0.25) is 10.0 Å². The van der Waals surface area contributed by atoms with Crippen LogP contribution in [-0.2, 0) is 23.1 Å². The number of hydrogen-bond acceptors (Lipinski definition) is 4. The van der Waals surface area contributed by atoms with Crippen LogP contribution in [0.4, 0.5) is 0 Å². The van der Waals surface area contributed by atoms with Crippen LogP contribution < -0.4 is 4.72 Å². The SMILES string of the molecule is O=S(=O)(NCCCc1csc(CO)c1)c1ccccc1. The van der Waals surface area contributed by atoms with Crippen LogP contribution in [0, 0.1) is 0 Å². The molecule has 0 bridgehead atoms. The van der Waals surface area contributed by atoms with E-state index in [0.29, 0.717) is 6.54 Å². The van der Waals surface area contributed by atoms with E-state index < -0.39 is 10.0 Å². The third-order valence-electron chi connectivity index (χ3n) is 2.85. The highest BCUT2D eigenvalue weighted by atomic mass is 32.2. The van der Waals surface area contributed by atoms with Crippen LogP contribution in [0.25, 0.3) is 0 Å². The van der Waals surface area contributed by atoms with Crippen LogP contribution in [0.2, 0.25) is 0 Å². The van der Waals surface area contributed by atoms with Crippen molar-refractivity contribution in [2.45, 2.75) is 24.3 Å². The Kier molecular flexibility index (Phi) is 5.31. The number of aliphatic hydroxyl groups is 1. The van der Waals surface area contributed by atoms with Gasteiger partial charge in [-0.1, -0.05) is 18.2 Å². The Morgan fingerprint density at radius 2 is 1.95 bits per heavy atom. The second-order valence-corrected chi connectivity index (χ2v) is 7.16. The first kappa shape index (κ1) is 15.2. The molecule has 108 valence electrons. The van der Waals surface area contributed by atoms with E-state index in [1.807, 2.05) is 11.4 Å². The van der Waals surface area contributed by atoms with Crippen molar-refractivity contribution in [2.24, 2.45) is 0 Å². The maximum atomic E-state index is 12.0. The third-order valence-corrected chi connectivity index (χ3v) is 5.30. The van der Waals surface area contributed by atoms with Crippen LogP contribution in [0.15, 0.2) is 46.7 Å². The fourth-order valence-electron chi connectivity index (χ4n) is 1.82. The molecule has 0 saturated heterocycles. The topological polar surface area (TPSA) is 66.4 Å². The van der Waals surface area contributed by atoms with Crippen LogP contribution in [0.1, 0.15) is 16.9 Å². The maximum Gasteiger partial charge on any atom is 0.240 e. The van der Waals surface area contributed by atoms with Crippen molar-refractivity contribution < 1.29 is 13.5 Å². The number of thiophene rings is 1. The number of hydrogen-bond donors (Lipinski definition) is 2. The first-order chi connectivity index (χ1) is 9.62. The number of aryl methyl sites for hydroxylation is 1. The van der Waals surface area contributed by atoms with Gasteiger partial charge in [0, 0.05) is 11.4 Å². The Labute approximate surface area is 123 Å². The monoisotopic (exact) mass is 311 g/mol. The molecule has 0 aliphatic heterocycles. The summed E-state index contributed by atoms with van der Waals surface area (Å²) in [4.78, 5) is 1.22. The highest BCUT2D eigenvalue weighted by molar-refractivity contribution is 7.89. The van der Waals surface area contributed by atoms with E-state index in [1.54, 1.807) is 30.3 Å². The zero-order valence-electron chi connectivity index (χ0n) is 11.0. The van der Waals surface area contributed by atoms with Gasteiger partial charge in [-0.05, 0) is 42.0 Å². The van der Waals surface area contributed by atoms with Gasteiger partial charge in [0.25, 0.3) is 0 Å². The number of sulfonamides is 1. The lowest BCUT2D eigenvalue weighted by Crippen LogP contribution is -2.25. The maximum absolute atomic E-state index is 12.0. The summed E-state index contributed by atoms with van der Waals surface area (Å²) >= 11 is 1.52. The summed E-state index contributed by atoms with van der Waals surface area (Å²) in [5.74, 6) is 0. The smallest absolute Gasteiger partial charge is 0.240 e. The van der Waals surface area contributed by atoms with Crippen molar-refractivity contribution in [3.05, 3.63) is 52.2 Å². The average Bonchev–Trinajstić information content (AvgIpc) is 2.93. The summed E-state index contributed by atoms with van der Waals surface area (Å²) in [6.45, 7) is 0.465. The molecule has 4 nitrogen and oxygen atoms in total. The lowest BCUT2D eigenvalue weighted by Gasteiger charge is -2.06. The van der Waals surface area contributed by atoms with Gasteiger partial charge >= 0.3 is 0 Å². The molecular weight excluding hydrogens is 294 g/mol. The van der Waals surface area contributed by atoms with Gasteiger partial charge in [-0.25, -0.2) is 13.1 Å². The molecule has 6 heteroatoms. The van der Waals surface area contributed by atoms with E-state index in [2.05, 4.69) is 4.72 Å². The second kappa shape index (κ2) is 6.99. The standard InChI is InChI=1S/C14H17NO3S2/c16-10-13-9-12(11-19-13)5-4-8-15-20(17,18)14-6-2-1-3-7-14/h1-3,6-7,9,11,15-16H,4-5,8,10H2. The fraction of sp³-hybridized carbons (Fsp3) is 0.286. The lowest BCUT2D eigenvalue weighted by molar-refractivity contribution is 0.285. The first-order valence-corrected chi connectivity index (χ1v) is 8.70. The van der Waals surface area contributed by atoms with Crippen LogP contribution in [-0.4, -0.2) is 20.1 Å². The molecular formula is C14H17NO3S2. The van der Waals surface area contributed by atoms with Crippen molar-refractivity contribution >= 4 is 21.4 Å². The van der Waals surface area contributed by atoms with Crippen molar-refractivity contribution in [3.8, 4) is 0 Å². The summed E-state index contributed by atoms with van der Waals surface area (Å²) in [6.07, 6.45) is 1.53. The molecule has 2 N–H and O–H groups in total. The van der Waals surface area contributed by atoms with Crippen molar-refractivity contribution in [2.75, 3.05) is 6.54 Å². The van der Waals surface area contributed by atoms with E-state index in [9.17, 15) is 8.42 Å². The summed E-state index contributed by atoms with van der Waals surface area (Å²) in [5, 5.41) is 11.0. The third kappa shape index (κ3) is 4.14. The molecule has 0 radical (unpaired) electrons. The van der Waals surface area contributed by atoms with Gasteiger partial charge < -0.3 is 5.11 Å². The fourth-order valence-corrected chi connectivity index (χ4v) is 3.70. The summed E-state index contributed by atoms with van der Waals surface area (Å²) in [6, 6.07) is 10.3. The molecule has 1 aromatic carbocycles. The zero-order chi connectivity index (χ0) is 14.4. The Morgan fingerprint density at radius 3 is 2.60 bits per heavy atom. The lowest BCUT2D eigenvalue weighted by atomic mass is 10.2. The van der Waals surface area contributed by atoms with Crippen molar-refractivity contribution in [1.29, 1.82) is 0 Å². The Bertz CT molecular complexity index is 635. The van der Waals surface area contributed by atoms with Crippen LogP contribution in [0.5, 0.6) is 0 Å². The predicted octanol–water partition coefficient (Wildman–Crippen LogP) is 2.15. The largest absolute Gasteiger partial charge is 0.391 e. The molecule has 0 amide bonds. The van der Waals surface area contributed by atoms with Gasteiger partial charge in [0.15, 0.2) is 0 Å². The number of benzene rings is 1. The minimum Gasteiger partial charge on any atom is -0.391 e. The summed E-state index contributed by atoms with van der Waals surface area (Å²) in [5.41, 5.74) is 1.14. The van der Waals surface area contributed by atoms with Gasteiger partial charge in [0.1, 0.15) is 0 Å². The average molecular weight is 311 g/mol. The molecule has 0 spiro atoms. The van der Waals surface area contributed by atoms with Gasteiger partial charge in [-0.3, -0.25) is 0 Å². The molecule has 0 fully saturated rings. The number of nitrogens with one attached hydrogen (secondary N) is 1. The zero-order valence-corrected chi connectivity index (χ0v) is 12.6. The van der Waals surface area contributed by atoms with Gasteiger partial charge in [-0.15, -0.1) is 11.3 Å². The van der Waals surface area contributed by atoms with Crippen molar-refractivity contribution in [1.82, 2.24) is 4.72 Å². The molecule has 1 aromatic heterocycles. The summed E-state index contributed by atoms with van der Waals surface area (Å²) < 4.78 is 26.5. The van der Waals surface area contributed by atoms with Crippen molar-refractivity contribution in [3.63, 3.8) is 0 Å². The number of aliphatic hydroxyl groups excluding tert-OH is 1. The normalized spacial score (nSPS) is 11.7. The highest BCUT2D eigenvalue weighted by Crippen LogP contribution is 2.16. The Balaban J connectivity index is 1.81. The predicted molar refractivity (Wildman–Crippen MR) is 80.2 cm³/mol. The molecule has 0 saturated carbocycles. The molecule has 0 aliphatic carbocycles. The van der Waals surface area contributed by atoms with E-state index in [0.717, 1.165) is 23.3 Å².